The average Bonchev–Trinajstić information content (AvgIpc) is 3.06. The molecule has 1 unspecified atom stereocenters. The van der Waals surface area contributed by atoms with Crippen LogP contribution in [0.4, 0.5) is 0 Å². The SMILES string of the molecule is COC(=O)c1sccc1S(=O)(=O)N1CSCC1C(=O)O. The zero-order valence-corrected chi connectivity index (χ0v) is 12.8. The van der Waals surface area contributed by atoms with Crippen LogP contribution in [-0.2, 0) is 19.6 Å². The highest BCUT2D eigenvalue weighted by Crippen LogP contribution is 2.32. The number of carboxylic acid groups (broad SMARTS) is 1. The predicted molar refractivity (Wildman–Crippen MR) is 73.4 cm³/mol. The van der Waals surface area contributed by atoms with Crippen LogP contribution in [0.5, 0.6) is 0 Å². The second-order valence-electron chi connectivity index (χ2n) is 3.85. The van der Waals surface area contributed by atoms with E-state index in [1.807, 2.05) is 0 Å². The first-order valence-electron chi connectivity index (χ1n) is 5.37. The molecule has 0 amide bonds. The molecule has 0 bridgehead atoms. The van der Waals surface area contributed by atoms with Gasteiger partial charge in [0.2, 0.25) is 10.0 Å². The standard InChI is InChI=1S/C10H11NO6S3/c1-17-10(14)8-7(2-3-19-8)20(15,16)11-5-18-4-6(11)9(12)13/h2-3,6H,4-5H2,1H3,(H,12,13). The third-order valence-corrected chi connectivity index (χ3v) is 6.81. The number of aliphatic carboxylic acids is 1. The summed E-state index contributed by atoms with van der Waals surface area (Å²) in [6, 6.07) is 0.170. The Hall–Kier alpha value is -1.10. The number of hydrogen-bond donors (Lipinski definition) is 1. The summed E-state index contributed by atoms with van der Waals surface area (Å²) >= 11 is 2.16. The molecule has 1 fully saturated rings. The molecule has 110 valence electrons. The van der Waals surface area contributed by atoms with Gasteiger partial charge in [0.25, 0.3) is 0 Å². The van der Waals surface area contributed by atoms with Gasteiger partial charge in [0.15, 0.2) is 0 Å². The van der Waals surface area contributed by atoms with Crippen LogP contribution in [0.15, 0.2) is 16.3 Å². The van der Waals surface area contributed by atoms with Gasteiger partial charge in [-0.2, -0.15) is 4.31 Å². The molecule has 0 radical (unpaired) electrons. The lowest BCUT2D eigenvalue weighted by Gasteiger charge is -2.19. The molecule has 20 heavy (non-hydrogen) atoms. The van der Waals surface area contributed by atoms with Crippen molar-refractivity contribution in [2.24, 2.45) is 0 Å². The molecule has 1 N–H and O–H groups in total. The van der Waals surface area contributed by atoms with Crippen molar-refractivity contribution in [3.05, 3.63) is 16.3 Å². The Morgan fingerprint density at radius 2 is 2.20 bits per heavy atom. The molecule has 0 aromatic carbocycles. The van der Waals surface area contributed by atoms with E-state index in [1.54, 1.807) is 0 Å². The average molecular weight is 337 g/mol. The quantitative estimate of drug-likeness (QED) is 0.806. The lowest BCUT2D eigenvalue weighted by Crippen LogP contribution is -2.41. The fourth-order valence-corrected chi connectivity index (χ4v) is 6.17. The van der Waals surface area contributed by atoms with Gasteiger partial charge in [-0.1, -0.05) is 0 Å². The van der Waals surface area contributed by atoms with Gasteiger partial charge in [0, 0.05) is 5.75 Å². The number of carbonyl (C=O) groups is 2. The number of sulfonamides is 1. The summed E-state index contributed by atoms with van der Waals surface area (Å²) in [6.45, 7) is 0. The monoisotopic (exact) mass is 337 g/mol. The maximum Gasteiger partial charge on any atom is 0.349 e. The number of rotatable bonds is 4. The number of carboxylic acids is 1. The van der Waals surface area contributed by atoms with Gasteiger partial charge >= 0.3 is 11.9 Å². The summed E-state index contributed by atoms with van der Waals surface area (Å²) < 4.78 is 30.4. The molecule has 0 aliphatic carbocycles. The largest absolute Gasteiger partial charge is 0.480 e. The summed E-state index contributed by atoms with van der Waals surface area (Å²) in [5, 5.41) is 10.5. The third-order valence-electron chi connectivity index (χ3n) is 2.71. The first kappa shape index (κ1) is 15.3. The van der Waals surface area contributed by atoms with E-state index in [2.05, 4.69) is 4.74 Å². The lowest BCUT2D eigenvalue weighted by atomic mass is 10.4. The normalized spacial score (nSPS) is 19.9. The third kappa shape index (κ3) is 2.55. The number of thioether (sulfide) groups is 1. The summed E-state index contributed by atoms with van der Waals surface area (Å²) in [6.07, 6.45) is 0. The van der Waals surface area contributed by atoms with Gasteiger partial charge < -0.3 is 9.84 Å². The Morgan fingerprint density at radius 1 is 1.50 bits per heavy atom. The van der Waals surface area contributed by atoms with Crippen LogP contribution in [0.2, 0.25) is 0 Å². The smallest absolute Gasteiger partial charge is 0.349 e. The molecule has 0 spiro atoms. The van der Waals surface area contributed by atoms with E-state index >= 15 is 0 Å². The molecule has 0 saturated carbocycles. The van der Waals surface area contributed by atoms with E-state index in [4.69, 9.17) is 5.11 Å². The van der Waals surface area contributed by atoms with Crippen molar-refractivity contribution in [2.75, 3.05) is 18.7 Å². The molecule has 1 aliphatic rings. The highest BCUT2D eigenvalue weighted by atomic mass is 32.2. The highest BCUT2D eigenvalue weighted by Gasteiger charge is 2.41. The van der Waals surface area contributed by atoms with Crippen LogP contribution < -0.4 is 0 Å². The molecule has 7 nitrogen and oxygen atoms in total. The van der Waals surface area contributed by atoms with Gasteiger partial charge in [-0.3, -0.25) is 4.79 Å². The fraction of sp³-hybridized carbons (Fsp3) is 0.400. The van der Waals surface area contributed by atoms with E-state index in [1.165, 1.54) is 23.2 Å². The van der Waals surface area contributed by atoms with Crippen LogP contribution in [0, 0.1) is 0 Å². The van der Waals surface area contributed by atoms with Crippen molar-refractivity contribution < 1.29 is 27.9 Å². The van der Waals surface area contributed by atoms with Crippen molar-refractivity contribution in [3.8, 4) is 0 Å². The van der Waals surface area contributed by atoms with Gasteiger partial charge in [-0.15, -0.1) is 23.1 Å². The molecule has 10 heteroatoms. The summed E-state index contributed by atoms with van der Waals surface area (Å²) in [5.74, 6) is -1.71. The summed E-state index contributed by atoms with van der Waals surface area (Å²) in [5.41, 5.74) is 0. The van der Waals surface area contributed by atoms with Crippen LogP contribution in [0.25, 0.3) is 0 Å². The maximum absolute atomic E-state index is 12.5. The van der Waals surface area contributed by atoms with Crippen LogP contribution >= 0.6 is 23.1 Å². The van der Waals surface area contributed by atoms with E-state index in [-0.39, 0.29) is 21.4 Å². The second kappa shape index (κ2) is 5.72. The molecule has 1 atom stereocenters. The Morgan fingerprint density at radius 3 is 2.80 bits per heavy atom. The minimum atomic E-state index is -4.03. The maximum atomic E-state index is 12.5. The zero-order valence-electron chi connectivity index (χ0n) is 10.3. The summed E-state index contributed by atoms with van der Waals surface area (Å²) in [4.78, 5) is 22.4. The number of hydrogen-bond acceptors (Lipinski definition) is 7. The number of esters is 1. The van der Waals surface area contributed by atoms with Gasteiger partial charge in [0.1, 0.15) is 15.8 Å². The van der Waals surface area contributed by atoms with Crippen LogP contribution in [0.3, 0.4) is 0 Å². The molecule has 1 saturated heterocycles. The summed E-state index contributed by atoms with van der Waals surface area (Å²) in [7, 11) is -2.88. The van der Waals surface area contributed by atoms with E-state index < -0.39 is 28.0 Å². The van der Waals surface area contributed by atoms with Crippen molar-refractivity contribution >= 4 is 45.1 Å². The number of ether oxygens (including phenoxy) is 1. The number of carbonyl (C=O) groups excluding carboxylic acids is 1. The Balaban J connectivity index is 2.43. The predicted octanol–water partition coefficient (Wildman–Crippen LogP) is 0.683. The van der Waals surface area contributed by atoms with Crippen LogP contribution in [0.1, 0.15) is 9.67 Å². The van der Waals surface area contributed by atoms with Gasteiger partial charge in [0.05, 0.1) is 13.0 Å². The Bertz CT molecular complexity index is 637. The molecule has 2 heterocycles. The topological polar surface area (TPSA) is 101 Å². The first-order valence-corrected chi connectivity index (χ1v) is 8.85. The van der Waals surface area contributed by atoms with Crippen molar-refractivity contribution in [2.45, 2.75) is 10.9 Å². The first-order chi connectivity index (χ1) is 9.39. The molecular formula is C10H11NO6S3. The zero-order chi connectivity index (χ0) is 14.9. The van der Waals surface area contributed by atoms with Crippen molar-refractivity contribution in [3.63, 3.8) is 0 Å². The molecule has 1 aromatic rings. The van der Waals surface area contributed by atoms with E-state index in [0.717, 1.165) is 22.8 Å². The number of thiophene rings is 1. The van der Waals surface area contributed by atoms with E-state index in [0.29, 0.717) is 0 Å². The Labute approximate surface area is 123 Å². The molecular weight excluding hydrogens is 326 g/mol. The van der Waals surface area contributed by atoms with E-state index in [9.17, 15) is 18.0 Å². The van der Waals surface area contributed by atoms with Crippen molar-refractivity contribution in [1.29, 1.82) is 0 Å². The highest BCUT2D eigenvalue weighted by molar-refractivity contribution is 8.00. The second-order valence-corrected chi connectivity index (χ2v) is 7.63. The van der Waals surface area contributed by atoms with Gasteiger partial charge in [-0.25, -0.2) is 13.2 Å². The minimum absolute atomic E-state index is 0.0476. The molecule has 2 rings (SSSR count). The lowest BCUT2D eigenvalue weighted by molar-refractivity contribution is -0.140. The fourth-order valence-electron chi connectivity index (χ4n) is 1.73. The number of methoxy groups -OCH3 is 1. The van der Waals surface area contributed by atoms with Crippen LogP contribution in [-0.4, -0.2) is 54.5 Å². The Kier molecular flexibility index (Phi) is 4.37. The van der Waals surface area contributed by atoms with Crippen molar-refractivity contribution in [1.82, 2.24) is 4.31 Å². The minimum Gasteiger partial charge on any atom is -0.480 e. The number of nitrogens with zero attached hydrogens (tertiary/aromatic N) is 1. The molecule has 1 aromatic heterocycles. The van der Waals surface area contributed by atoms with Gasteiger partial charge in [-0.05, 0) is 11.4 Å². The molecule has 1 aliphatic heterocycles.